The lowest BCUT2D eigenvalue weighted by molar-refractivity contribution is 0.0821. The van der Waals surface area contributed by atoms with Crippen molar-refractivity contribution >= 4 is 33.2 Å². The van der Waals surface area contributed by atoms with E-state index in [0.29, 0.717) is 0 Å². The molecule has 4 heteroatoms. The van der Waals surface area contributed by atoms with Crippen molar-refractivity contribution in [1.82, 2.24) is 0 Å². The molecule has 0 aliphatic carbocycles. The monoisotopic (exact) mass is 317 g/mol. The van der Waals surface area contributed by atoms with E-state index >= 15 is 0 Å². The second-order valence-corrected chi connectivity index (χ2v) is 5.38. The largest absolute Gasteiger partial charge is 0.377 e. The highest BCUT2D eigenvalue weighted by Crippen LogP contribution is 2.28. The summed E-state index contributed by atoms with van der Waals surface area (Å²) in [6.45, 7) is 4.93. The zero-order chi connectivity index (χ0) is 12.3. The third kappa shape index (κ3) is 3.36. The molecule has 17 heavy (non-hydrogen) atoms. The van der Waals surface area contributed by atoms with Crippen LogP contribution in [0.2, 0.25) is 5.02 Å². The van der Waals surface area contributed by atoms with Crippen LogP contribution in [0.25, 0.3) is 0 Å². The lowest BCUT2D eigenvalue weighted by Crippen LogP contribution is -2.30. The first kappa shape index (κ1) is 13.2. The van der Waals surface area contributed by atoms with Crippen LogP contribution in [0.4, 0.5) is 5.69 Å². The van der Waals surface area contributed by atoms with E-state index in [0.717, 1.165) is 36.5 Å². The third-order valence-electron chi connectivity index (χ3n) is 2.98. The molecule has 0 N–H and O–H groups in total. The second-order valence-electron chi connectivity index (χ2n) is 4.39. The number of ether oxygens (including phenoxy) is 1. The van der Waals surface area contributed by atoms with E-state index in [1.54, 1.807) is 0 Å². The Labute approximate surface area is 116 Å². The van der Waals surface area contributed by atoms with Crippen LogP contribution in [0.15, 0.2) is 18.2 Å². The van der Waals surface area contributed by atoms with Gasteiger partial charge in [-0.3, -0.25) is 0 Å². The zero-order valence-electron chi connectivity index (χ0n) is 9.96. The van der Waals surface area contributed by atoms with Gasteiger partial charge in [-0.2, -0.15) is 0 Å². The van der Waals surface area contributed by atoms with Crippen LogP contribution in [-0.2, 0) is 10.1 Å². The Hall–Kier alpha value is -0.250. The first-order valence-corrected chi connectivity index (χ1v) is 7.41. The van der Waals surface area contributed by atoms with Crippen molar-refractivity contribution in [3.63, 3.8) is 0 Å². The highest BCUT2D eigenvalue weighted by Gasteiger charge is 2.17. The lowest BCUT2D eigenvalue weighted by Gasteiger charge is -2.26. The summed E-state index contributed by atoms with van der Waals surface area (Å²) in [6.07, 6.45) is 1.35. The average molecular weight is 319 g/mol. The summed E-state index contributed by atoms with van der Waals surface area (Å²) in [5.41, 5.74) is 2.51. The molecule has 1 aromatic rings. The first-order chi connectivity index (χ1) is 8.20. The molecule has 0 spiro atoms. The van der Waals surface area contributed by atoms with E-state index in [2.05, 4.69) is 39.9 Å². The Bertz CT molecular complexity index is 386. The Balaban J connectivity index is 2.27. The van der Waals surface area contributed by atoms with Gasteiger partial charge in [-0.1, -0.05) is 33.6 Å². The zero-order valence-corrected chi connectivity index (χ0v) is 12.3. The Morgan fingerprint density at radius 3 is 3.12 bits per heavy atom. The maximum atomic E-state index is 6.10. The van der Waals surface area contributed by atoms with E-state index in [-0.39, 0.29) is 6.10 Å². The normalized spacial score (nSPS) is 21.4. The van der Waals surface area contributed by atoms with Crippen molar-refractivity contribution in [1.29, 1.82) is 0 Å². The number of hydrogen-bond acceptors (Lipinski definition) is 2. The smallest absolute Gasteiger partial charge is 0.0721 e. The standard InChI is InChI=1S/C13H17BrClNO/c1-10-9-16(5-2-6-17-10)13-7-12(15)4-3-11(13)8-14/h3-4,7,10H,2,5-6,8-9H2,1H3. The third-order valence-corrected chi connectivity index (χ3v) is 3.82. The molecule has 0 aromatic heterocycles. The SMILES string of the molecule is CC1CN(c2cc(Cl)ccc2CBr)CCCO1. The highest BCUT2D eigenvalue weighted by molar-refractivity contribution is 9.08. The van der Waals surface area contributed by atoms with Gasteiger partial charge in [-0.15, -0.1) is 0 Å². The number of hydrogen-bond donors (Lipinski definition) is 0. The molecule has 0 radical (unpaired) electrons. The van der Waals surface area contributed by atoms with Gasteiger partial charge in [0.15, 0.2) is 0 Å². The summed E-state index contributed by atoms with van der Waals surface area (Å²) >= 11 is 9.63. The molecule has 0 bridgehead atoms. The topological polar surface area (TPSA) is 12.5 Å². The number of benzene rings is 1. The first-order valence-electron chi connectivity index (χ1n) is 5.91. The molecule has 94 valence electrons. The molecule has 2 rings (SSSR count). The van der Waals surface area contributed by atoms with Crippen LogP contribution in [-0.4, -0.2) is 25.8 Å². The summed E-state index contributed by atoms with van der Waals surface area (Å²) in [6, 6.07) is 6.08. The van der Waals surface area contributed by atoms with Crippen molar-refractivity contribution in [3.8, 4) is 0 Å². The van der Waals surface area contributed by atoms with E-state index in [1.165, 1.54) is 11.3 Å². The maximum Gasteiger partial charge on any atom is 0.0721 e. The Morgan fingerprint density at radius 2 is 2.35 bits per heavy atom. The fraction of sp³-hybridized carbons (Fsp3) is 0.538. The van der Waals surface area contributed by atoms with Gasteiger partial charge < -0.3 is 9.64 Å². The number of halogens is 2. The van der Waals surface area contributed by atoms with E-state index < -0.39 is 0 Å². The van der Waals surface area contributed by atoms with Gasteiger partial charge in [0.05, 0.1) is 6.10 Å². The van der Waals surface area contributed by atoms with Gasteiger partial charge in [-0.05, 0) is 31.0 Å². The quantitative estimate of drug-likeness (QED) is 0.768. The predicted octanol–water partition coefficient (Wildman–Crippen LogP) is 3.85. The number of rotatable bonds is 2. The predicted molar refractivity (Wildman–Crippen MR) is 76.3 cm³/mol. The minimum atomic E-state index is 0.277. The summed E-state index contributed by atoms with van der Waals surface area (Å²) in [5, 5.41) is 1.65. The lowest BCUT2D eigenvalue weighted by atomic mass is 10.1. The van der Waals surface area contributed by atoms with E-state index in [4.69, 9.17) is 16.3 Å². The van der Waals surface area contributed by atoms with Crippen LogP contribution >= 0.6 is 27.5 Å². The molecule has 2 nitrogen and oxygen atoms in total. The Morgan fingerprint density at radius 1 is 1.53 bits per heavy atom. The fourth-order valence-corrected chi connectivity index (χ4v) is 2.80. The van der Waals surface area contributed by atoms with Gasteiger partial charge >= 0.3 is 0 Å². The summed E-state index contributed by atoms with van der Waals surface area (Å²) in [7, 11) is 0. The van der Waals surface area contributed by atoms with Gasteiger partial charge in [0, 0.05) is 35.7 Å². The van der Waals surface area contributed by atoms with Crippen molar-refractivity contribution in [2.75, 3.05) is 24.6 Å². The molecular weight excluding hydrogens is 302 g/mol. The van der Waals surface area contributed by atoms with E-state index in [9.17, 15) is 0 Å². The highest BCUT2D eigenvalue weighted by atomic mass is 79.9. The molecule has 1 unspecified atom stereocenters. The van der Waals surface area contributed by atoms with Crippen molar-refractivity contribution in [2.45, 2.75) is 24.8 Å². The molecule has 1 fully saturated rings. The molecule has 1 aliphatic heterocycles. The summed E-state index contributed by atoms with van der Waals surface area (Å²) < 4.78 is 5.67. The minimum Gasteiger partial charge on any atom is -0.377 e. The number of nitrogens with zero attached hydrogens (tertiary/aromatic N) is 1. The molecule has 1 saturated heterocycles. The Kier molecular flexibility index (Phi) is 4.71. The maximum absolute atomic E-state index is 6.10. The molecule has 0 amide bonds. The van der Waals surface area contributed by atoms with Crippen molar-refractivity contribution < 1.29 is 4.74 Å². The van der Waals surface area contributed by atoms with Gasteiger partial charge in [0.1, 0.15) is 0 Å². The summed E-state index contributed by atoms with van der Waals surface area (Å²) in [4.78, 5) is 2.38. The van der Waals surface area contributed by atoms with Gasteiger partial charge in [0.2, 0.25) is 0 Å². The van der Waals surface area contributed by atoms with Crippen LogP contribution in [0.5, 0.6) is 0 Å². The van der Waals surface area contributed by atoms with Gasteiger partial charge in [-0.25, -0.2) is 0 Å². The number of anilines is 1. The second kappa shape index (κ2) is 6.07. The van der Waals surface area contributed by atoms with Gasteiger partial charge in [0.25, 0.3) is 0 Å². The van der Waals surface area contributed by atoms with Crippen LogP contribution in [0.3, 0.4) is 0 Å². The van der Waals surface area contributed by atoms with Crippen molar-refractivity contribution in [2.24, 2.45) is 0 Å². The van der Waals surface area contributed by atoms with Crippen LogP contribution in [0.1, 0.15) is 18.9 Å². The van der Waals surface area contributed by atoms with Crippen molar-refractivity contribution in [3.05, 3.63) is 28.8 Å². The van der Waals surface area contributed by atoms with Crippen LogP contribution in [0, 0.1) is 0 Å². The molecule has 1 heterocycles. The van der Waals surface area contributed by atoms with Crippen LogP contribution < -0.4 is 4.90 Å². The minimum absolute atomic E-state index is 0.277. The molecular formula is C13H17BrClNO. The van der Waals surface area contributed by atoms with E-state index in [1.807, 2.05) is 6.07 Å². The molecule has 1 aromatic carbocycles. The number of alkyl halides is 1. The average Bonchev–Trinajstić information content (AvgIpc) is 2.54. The molecule has 0 saturated carbocycles. The summed E-state index contributed by atoms with van der Waals surface area (Å²) in [5.74, 6) is 0. The molecule has 1 aliphatic rings. The fourth-order valence-electron chi connectivity index (χ4n) is 2.16. The molecule has 1 atom stereocenters.